The fraction of sp³-hybridized carbons (Fsp3) is 0.588. The molecule has 0 amide bonds. The predicted octanol–water partition coefficient (Wildman–Crippen LogP) is 2.95. The molecule has 12 atom stereocenters. The molecular weight excluding hydrogens is 616 g/mol. The molecule has 2 aromatic rings. The highest BCUT2D eigenvalue weighted by molar-refractivity contribution is 5.75. The van der Waals surface area contributed by atoms with Gasteiger partial charge in [0.05, 0.1) is 18.6 Å². The van der Waals surface area contributed by atoms with Crippen molar-refractivity contribution in [3.63, 3.8) is 0 Å². The van der Waals surface area contributed by atoms with Gasteiger partial charge in [0.1, 0.15) is 30.5 Å². The normalized spacial score (nSPS) is 37.2. The summed E-state index contributed by atoms with van der Waals surface area (Å²) in [6, 6.07) is 18.6. The molecule has 0 radical (unpaired) electrons. The average molecular weight is 659 g/mol. The monoisotopic (exact) mass is 658 g/mol. The maximum absolute atomic E-state index is 13.2. The first-order valence-electron chi connectivity index (χ1n) is 15.7. The minimum absolute atomic E-state index is 0.0481. The van der Waals surface area contributed by atoms with Gasteiger partial charge in [-0.25, -0.2) is 0 Å². The van der Waals surface area contributed by atoms with Crippen molar-refractivity contribution in [2.24, 2.45) is 5.41 Å². The number of carbonyl (C=O) groups excluding carboxylic acids is 2. The van der Waals surface area contributed by atoms with Gasteiger partial charge >= 0.3 is 11.9 Å². The van der Waals surface area contributed by atoms with Crippen LogP contribution in [-0.2, 0) is 57.0 Å². The van der Waals surface area contributed by atoms with Crippen LogP contribution < -0.4 is 0 Å². The molecule has 47 heavy (non-hydrogen) atoms. The fourth-order valence-corrected chi connectivity index (χ4v) is 6.03. The van der Waals surface area contributed by atoms with E-state index in [0.717, 1.165) is 11.1 Å². The molecule has 2 aromatic carbocycles. The molecule has 0 spiro atoms. The summed E-state index contributed by atoms with van der Waals surface area (Å²) >= 11 is 0. The Bertz CT molecular complexity index is 1350. The number of esters is 2. The van der Waals surface area contributed by atoms with E-state index < -0.39 is 91.3 Å². The first-order chi connectivity index (χ1) is 22.5. The smallest absolute Gasteiger partial charge is 0.311 e. The summed E-state index contributed by atoms with van der Waals surface area (Å²) in [5.41, 5.74) is 0.647. The molecule has 4 fully saturated rings. The van der Waals surface area contributed by atoms with Crippen molar-refractivity contribution in [3.8, 4) is 0 Å². The first kappa shape index (κ1) is 33.9. The average Bonchev–Trinajstić information content (AvgIpc) is 3.07. The Labute approximate surface area is 273 Å². The molecular formula is C34H42O13. The van der Waals surface area contributed by atoms with Crippen LogP contribution in [-0.4, -0.2) is 98.8 Å². The van der Waals surface area contributed by atoms with Gasteiger partial charge in [0.2, 0.25) is 0 Å². The Hall–Kier alpha value is -2.98. The lowest BCUT2D eigenvalue weighted by atomic mass is 9.94. The highest BCUT2D eigenvalue weighted by Crippen LogP contribution is 2.40. The van der Waals surface area contributed by atoms with E-state index in [1.165, 1.54) is 14.0 Å². The molecule has 6 rings (SSSR count). The molecule has 0 bridgehead atoms. The molecule has 0 aliphatic carbocycles. The van der Waals surface area contributed by atoms with Gasteiger partial charge in [-0.1, -0.05) is 60.7 Å². The van der Waals surface area contributed by atoms with E-state index in [2.05, 4.69) is 0 Å². The SMILES string of the molecule is CO[C@H]1OC2COC(c3ccccc3)O[C@H]2C(OC(C)=O)C1O[C@H]1OC2COC(c3ccccc3)O[C@H]2C(OC(=O)C(C)(C)C)C1O. The third kappa shape index (κ3) is 7.38. The van der Waals surface area contributed by atoms with Crippen molar-refractivity contribution >= 4 is 11.9 Å². The molecule has 1 N–H and O–H groups in total. The molecule has 4 heterocycles. The Balaban J connectivity index is 1.26. The van der Waals surface area contributed by atoms with Crippen LogP contribution in [0.5, 0.6) is 0 Å². The van der Waals surface area contributed by atoms with E-state index in [1.807, 2.05) is 60.7 Å². The van der Waals surface area contributed by atoms with Crippen LogP contribution in [0.3, 0.4) is 0 Å². The van der Waals surface area contributed by atoms with Crippen LogP contribution >= 0.6 is 0 Å². The summed E-state index contributed by atoms with van der Waals surface area (Å²) in [7, 11) is 1.41. The van der Waals surface area contributed by atoms with E-state index >= 15 is 0 Å². The van der Waals surface area contributed by atoms with Gasteiger partial charge < -0.3 is 52.5 Å². The quantitative estimate of drug-likeness (QED) is 0.436. The predicted molar refractivity (Wildman–Crippen MR) is 160 cm³/mol. The fourth-order valence-electron chi connectivity index (χ4n) is 6.03. The van der Waals surface area contributed by atoms with E-state index in [-0.39, 0.29) is 13.2 Å². The van der Waals surface area contributed by atoms with E-state index in [1.54, 1.807) is 20.8 Å². The Kier molecular flexibility index (Phi) is 10.3. The minimum atomic E-state index is -1.53. The number of fused-ring (bicyclic) bond motifs is 2. The number of carbonyl (C=O) groups is 2. The van der Waals surface area contributed by atoms with Crippen molar-refractivity contribution in [1.82, 2.24) is 0 Å². The zero-order valence-corrected chi connectivity index (χ0v) is 27.0. The largest absolute Gasteiger partial charge is 0.457 e. The number of aliphatic hydroxyl groups is 1. The lowest BCUT2D eigenvalue weighted by Gasteiger charge is -2.51. The van der Waals surface area contributed by atoms with E-state index in [9.17, 15) is 14.7 Å². The van der Waals surface area contributed by atoms with E-state index in [4.69, 9.17) is 47.4 Å². The van der Waals surface area contributed by atoms with Crippen LogP contribution in [0, 0.1) is 5.41 Å². The molecule has 4 saturated heterocycles. The van der Waals surface area contributed by atoms with Crippen LogP contribution in [0.2, 0.25) is 0 Å². The van der Waals surface area contributed by atoms with Crippen LogP contribution in [0.1, 0.15) is 51.4 Å². The van der Waals surface area contributed by atoms with Crippen LogP contribution in [0.25, 0.3) is 0 Å². The Morgan fingerprint density at radius 2 is 1.23 bits per heavy atom. The molecule has 4 aliphatic heterocycles. The summed E-state index contributed by atoms with van der Waals surface area (Å²) in [6.45, 7) is 6.58. The van der Waals surface area contributed by atoms with Crippen molar-refractivity contribution in [1.29, 1.82) is 0 Å². The van der Waals surface area contributed by atoms with Gasteiger partial charge in [-0.3, -0.25) is 9.59 Å². The lowest BCUT2D eigenvalue weighted by Crippen LogP contribution is -2.68. The first-order valence-corrected chi connectivity index (χ1v) is 15.7. The van der Waals surface area contributed by atoms with Gasteiger partial charge in [-0.15, -0.1) is 0 Å². The summed E-state index contributed by atoms with van der Waals surface area (Å²) < 4.78 is 60.6. The Morgan fingerprint density at radius 3 is 1.72 bits per heavy atom. The Morgan fingerprint density at radius 1 is 0.723 bits per heavy atom. The van der Waals surface area contributed by atoms with Gasteiger partial charge in [0.15, 0.2) is 43.5 Å². The second kappa shape index (κ2) is 14.2. The summed E-state index contributed by atoms with van der Waals surface area (Å²) in [4.78, 5) is 25.6. The molecule has 0 saturated carbocycles. The highest BCUT2D eigenvalue weighted by Gasteiger charge is 2.57. The number of methoxy groups -OCH3 is 1. The molecule has 8 unspecified atom stereocenters. The second-order valence-corrected chi connectivity index (χ2v) is 13.0. The third-order valence-electron chi connectivity index (χ3n) is 8.42. The number of aliphatic hydroxyl groups excluding tert-OH is 1. The van der Waals surface area contributed by atoms with Gasteiger partial charge in [-0.2, -0.15) is 0 Å². The number of benzene rings is 2. The van der Waals surface area contributed by atoms with Crippen LogP contribution in [0.15, 0.2) is 60.7 Å². The maximum atomic E-state index is 13.2. The highest BCUT2D eigenvalue weighted by atomic mass is 16.8. The topological polar surface area (TPSA) is 147 Å². The second-order valence-electron chi connectivity index (χ2n) is 13.0. The van der Waals surface area contributed by atoms with Crippen molar-refractivity contribution in [2.75, 3.05) is 20.3 Å². The third-order valence-corrected chi connectivity index (χ3v) is 8.42. The number of hydrogen-bond donors (Lipinski definition) is 1. The molecule has 0 aromatic heterocycles. The van der Waals surface area contributed by atoms with Crippen molar-refractivity contribution in [3.05, 3.63) is 71.8 Å². The van der Waals surface area contributed by atoms with Gasteiger partial charge in [0, 0.05) is 25.2 Å². The summed E-state index contributed by atoms with van der Waals surface area (Å²) in [5, 5.41) is 11.7. The standard InChI is InChI=1S/C34H42O13/c1-18(35)41-27-25-22(17-40-30(45-25)20-14-10-7-11-15-20)43-32(38-5)28(27)46-31-23(36)26(47-33(37)34(2,3)4)24-21(42-31)16-39-29(44-24)19-12-8-6-9-13-19/h6-15,21-32,36H,16-17H2,1-5H3/t21?,22?,23?,24-,25-,26?,27?,28?,29?,30?,31-,32+/m1/s1. The molecule has 256 valence electrons. The lowest BCUT2D eigenvalue weighted by molar-refractivity contribution is -0.403. The zero-order chi connectivity index (χ0) is 33.3. The number of hydrogen-bond acceptors (Lipinski definition) is 13. The summed E-state index contributed by atoms with van der Waals surface area (Å²) in [5.74, 6) is -1.14. The minimum Gasteiger partial charge on any atom is -0.457 e. The van der Waals surface area contributed by atoms with Crippen molar-refractivity contribution in [2.45, 2.75) is 102 Å². The molecule has 13 nitrogen and oxygen atoms in total. The van der Waals surface area contributed by atoms with Crippen molar-refractivity contribution < 1.29 is 62.1 Å². The summed E-state index contributed by atoms with van der Waals surface area (Å²) in [6.07, 6.45) is -12.1. The maximum Gasteiger partial charge on any atom is 0.311 e. The van der Waals surface area contributed by atoms with E-state index in [0.29, 0.717) is 0 Å². The number of ether oxygens (including phenoxy) is 10. The zero-order valence-electron chi connectivity index (χ0n) is 27.0. The molecule has 13 heteroatoms. The van der Waals surface area contributed by atoms with Crippen LogP contribution in [0.4, 0.5) is 0 Å². The van der Waals surface area contributed by atoms with Gasteiger partial charge in [0.25, 0.3) is 0 Å². The number of rotatable bonds is 7. The molecule has 4 aliphatic rings. The van der Waals surface area contributed by atoms with Gasteiger partial charge in [-0.05, 0) is 20.8 Å².